The maximum Gasteiger partial charge on any atom is 0.339 e. The third-order valence-electron chi connectivity index (χ3n) is 2.93. The Morgan fingerprint density at radius 2 is 2.10 bits per heavy atom. The zero-order chi connectivity index (χ0) is 15.6. The molecule has 0 bridgehead atoms. The van der Waals surface area contributed by atoms with Crippen molar-refractivity contribution in [3.8, 4) is 11.6 Å². The molecule has 0 aliphatic heterocycles. The normalized spacial score (nSPS) is 10.7. The number of aromatic amines is 1. The van der Waals surface area contributed by atoms with Gasteiger partial charge in [-0.15, -0.1) is 0 Å². The second-order valence-electron chi connectivity index (χ2n) is 4.98. The van der Waals surface area contributed by atoms with Crippen molar-refractivity contribution in [2.75, 3.05) is 0 Å². The van der Waals surface area contributed by atoms with Crippen LogP contribution in [0.5, 0.6) is 11.6 Å². The number of hydrogen-bond donors (Lipinski definition) is 2. The maximum absolute atomic E-state index is 11.6. The number of hydrogen-bond acceptors (Lipinski definition) is 4. The van der Waals surface area contributed by atoms with Crippen LogP contribution in [0.2, 0.25) is 0 Å². The number of ether oxygens (including phenoxy) is 1. The Hall–Kier alpha value is -2.63. The van der Waals surface area contributed by atoms with E-state index in [9.17, 15) is 14.7 Å². The largest absolute Gasteiger partial charge is 0.478 e. The van der Waals surface area contributed by atoms with Crippen LogP contribution < -0.4 is 10.3 Å². The van der Waals surface area contributed by atoms with E-state index < -0.39 is 5.97 Å². The highest BCUT2D eigenvalue weighted by molar-refractivity contribution is 5.91. The van der Waals surface area contributed by atoms with Crippen LogP contribution in [0.4, 0.5) is 0 Å². The second-order valence-corrected chi connectivity index (χ2v) is 4.98. The van der Waals surface area contributed by atoms with Crippen LogP contribution in [0.1, 0.15) is 41.5 Å². The maximum atomic E-state index is 11.6. The summed E-state index contributed by atoms with van der Waals surface area (Å²) in [7, 11) is 0. The molecule has 2 N–H and O–H groups in total. The summed E-state index contributed by atoms with van der Waals surface area (Å²) in [5, 5.41) is 9.20. The van der Waals surface area contributed by atoms with E-state index >= 15 is 0 Å². The molecule has 1 aromatic heterocycles. The number of carboxylic acids is 1. The predicted octanol–water partition coefficient (Wildman–Crippen LogP) is 2.69. The molecule has 0 aliphatic rings. The molecule has 2 aromatic rings. The Kier molecular flexibility index (Phi) is 4.07. The minimum atomic E-state index is -1.09. The molecular weight excluding hydrogens is 272 g/mol. The quantitative estimate of drug-likeness (QED) is 0.902. The Bertz CT molecular complexity index is 735. The lowest BCUT2D eigenvalue weighted by molar-refractivity contribution is 0.0694. The first kappa shape index (κ1) is 14.8. The molecule has 6 heteroatoms. The molecule has 6 nitrogen and oxygen atoms in total. The van der Waals surface area contributed by atoms with Crippen molar-refractivity contribution in [3.05, 3.63) is 51.6 Å². The summed E-state index contributed by atoms with van der Waals surface area (Å²) in [6, 6.07) is 6.01. The van der Waals surface area contributed by atoms with Crippen molar-refractivity contribution in [1.29, 1.82) is 0 Å². The van der Waals surface area contributed by atoms with Gasteiger partial charge >= 0.3 is 5.97 Å². The van der Waals surface area contributed by atoms with E-state index in [2.05, 4.69) is 9.97 Å². The average Bonchev–Trinajstić information content (AvgIpc) is 2.40. The van der Waals surface area contributed by atoms with E-state index in [0.29, 0.717) is 11.4 Å². The van der Waals surface area contributed by atoms with Gasteiger partial charge in [0.2, 0.25) is 5.88 Å². The number of carboxylic acid groups (broad SMARTS) is 1. The number of aromatic carboxylic acids is 1. The zero-order valence-corrected chi connectivity index (χ0v) is 12.0. The summed E-state index contributed by atoms with van der Waals surface area (Å²) >= 11 is 0. The van der Waals surface area contributed by atoms with Crippen molar-refractivity contribution in [2.24, 2.45) is 0 Å². The molecular formula is C15H16N2O4. The Labute approximate surface area is 121 Å². The minimum Gasteiger partial charge on any atom is -0.478 e. The fourth-order valence-corrected chi connectivity index (χ4v) is 1.84. The SMILES string of the molecule is Cc1cccc(C(=O)O)c1Oc1cc(=O)[nH]c(C(C)C)n1. The van der Waals surface area contributed by atoms with E-state index in [1.807, 2.05) is 13.8 Å². The summed E-state index contributed by atoms with van der Waals surface area (Å²) in [5.41, 5.74) is 0.348. The zero-order valence-electron chi connectivity index (χ0n) is 12.0. The monoisotopic (exact) mass is 288 g/mol. The van der Waals surface area contributed by atoms with Gasteiger partial charge in [-0.2, -0.15) is 4.98 Å². The molecule has 110 valence electrons. The number of aryl methyl sites for hydroxylation is 1. The number of para-hydroxylation sites is 1. The van der Waals surface area contributed by atoms with E-state index in [4.69, 9.17) is 4.74 Å². The van der Waals surface area contributed by atoms with Crippen LogP contribution in [0, 0.1) is 6.92 Å². The summed E-state index contributed by atoms with van der Waals surface area (Å²) in [6.07, 6.45) is 0. The standard InChI is InChI=1S/C15H16N2O4/c1-8(2)14-16-11(18)7-12(17-14)21-13-9(3)5-4-6-10(13)15(19)20/h4-8H,1-3H3,(H,19,20)(H,16,17,18). The molecule has 0 spiro atoms. The number of rotatable bonds is 4. The van der Waals surface area contributed by atoms with Gasteiger partial charge in [0.25, 0.3) is 5.56 Å². The topological polar surface area (TPSA) is 92.3 Å². The van der Waals surface area contributed by atoms with Crippen molar-refractivity contribution in [1.82, 2.24) is 9.97 Å². The van der Waals surface area contributed by atoms with Crippen molar-refractivity contribution in [2.45, 2.75) is 26.7 Å². The third kappa shape index (κ3) is 3.28. The van der Waals surface area contributed by atoms with Crippen LogP contribution in [0.15, 0.2) is 29.1 Å². The van der Waals surface area contributed by atoms with Crippen LogP contribution in [-0.2, 0) is 0 Å². The van der Waals surface area contributed by atoms with E-state index in [1.165, 1.54) is 12.1 Å². The number of nitrogens with one attached hydrogen (secondary N) is 1. The molecule has 1 aromatic carbocycles. The predicted molar refractivity (Wildman–Crippen MR) is 77.2 cm³/mol. The van der Waals surface area contributed by atoms with Gasteiger partial charge in [0.15, 0.2) is 0 Å². The Morgan fingerprint density at radius 3 is 2.71 bits per heavy atom. The molecule has 21 heavy (non-hydrogen) atoms. The number of carbonyl (C=O) groups is 1. The molecule has 2 rings (SSSR count). The van der Waals surface area contributed by atoms with Gasteiger partial charge in [0.1, 0.15) is 17.1 Å². The molecule has 0 aliphatic carbocycles. The molecule has 1 heterocycles. The fraction of sp³-hybridized carbons (Fsp3) is 0.267. The van der Waals surface area contributed by atoms with Gasteiger partial charge in [-0.1, -0.05) is 26.0 Å². The molecule has 0 amide bonds. The molecule has 0 unspecified atom stereocenters. The summed E-state index contributed by atoms with van der Waals surface area (Å²) in [5.74, 6) is -0.306. The van der Waals surface area contributed by atoms with Crippen LogP contribution in [-0.4, -0.2) is 21.0 Å². The number of nitrogens with zero attached hydrogens (tertiary/aromatic N) is 1. The van der Waals surface area contributed by atoms with Crippen molar-refractivity contribution < 1.29 is 14.6 Å². The van der Waals surface area contributed by atoms with Crippen LogP contribution in [0.3, 0.4) is 0 Å². The first-order valence-corrected chi connectivity index (χ1v) is 6.50. The van der Waals surface area contributed by atoms with Crippen LogP contribution in [0.25, 0.3) is 0 Å². The molecule has 0 fully saturated rings. The highest BCUT2D eigenvalue weighted by Crippen LogP contribution is 2.28. The minimum absolute atomic E-state index is 0.0251. The van der Waals surface area contributed by atoms with Crippen molar-refractivity contribution in [3.63, 3.8) is 0 Å². The van der Waals surface area contributed by atoms with Crippen molar-refractivity contribution >= 4 is 5.97 Å². The summed E-state index contributed by atoms with van der Waals surface area (Å²) < 4.78 is 5.56. The van der Waals surface area contributed by atoms with Gasteiger partial charge in [-0.3, -0.25) is 4.79 Å². The first-order chi connectivity index (χ1) is 9.88. The number of aromatic nitrogens is 2. The number of benzene rings is 1. The average molecular weight is 288 g/mol. The fourth-order valence-electron chi connectivity index (χ4n) is 1.84. The van der Waals surface area contributed by atoms with Gasteiger partial charge in [0, 0.05) is 5.92 Å². The summed E-state index contributed by atoms with van der Waals surface area (Å²) in [4.78, 5) is 29.7. The highest BCUT2D eigenvalue weighted by Gasteiger charge is 2.15. The second kappa shape index (κ2) is 5.78. The third-order valence-corrected chi connectivity index (χ3v) is 2.93. The lowest BCUT2D eigenvalue weighted by Gasteiger charge is -2.12. The highest BCUT2D eigenvalue weighted by atomic mass is 16.5. The van der Waals surface area contributed by atoms with E-state index in [-0.39, 0.29) is 28.7 Å². The first-order valence-electron chi connectivity index (χ1n) is 6.50. The Balaban J connectivity index is 2.48. The summed E-state index contributed by atoms with van der Waals surface area (Å²) in [6.45, 7) is 5.51. The smallest absolute Gasteiger partial charge is 0.339 e. The Morgan fingerprint density at radius 1 is 1.38 bits per heavy atom. The lowest BCUT2D eigenvalue weighted by atomic mass is 10.1. The molecule has 0 saturated heterocycles. The van der Waals surface area contributed by atoms with Gasteiger partial charge in [-0.25, -0.2) is 4.79 Å². The molecule has 0 radical (unpaired) electrons. The van der Waals surface area contributed by atoms with Gasteiger partial charge < -0.3 is 14.8 Å². The van der Waals surface area contributed by atoms with Gasteiger partial charge in [-0.05, 0) is 18.6 Å². The van der Waals surface area contributed by atoms with Gasteiger partial charge in [0.05, 0.1) is 6.07 Å². The molecule has 0 atom stereocenters. The van der Waals surface area contributed by atoms with Crippen LogP contribution >= 0.6 is 0 Å². The van der Waals surface area contributed by atoms with E-state index in [1.54, 1.807) is 19.1 Å². The lowest BCUT2D eigenvalue weighted by Crippen LogP contribution is -2.12. The molecule has 0 saturated carbocycles. The van der Waals surface area contributed by atoms with E-state index in [0.717, 1.165) is 0 Å². The number of H-pyrrole nitrogens is 1.